The number of carbonyl (C=O) groups excluding carboxylic acids is 1. The Bertz CT molecular complexity index is 601. The maximum atomic E-state index is 12.1. The minimum Gasteiger partial charge on any atom is -0.340 e. The average molecular weight is 375 g/mol. The average Bonchev–Trinajstić information content (AvgIpc) is 2.40. The molecule has 0 unspecified atom stereocenters. The third-order valence-corrected chi connectivity index (χ3v) is 5.44. The second-order valence-electron chi connectivity index (χ2n) is 5.40. The van der Waals surface area contributed by atoms with Gasteiger partial charge in [-0.1, -0.05) is 28.1 Å². The SMILES string of the molecule is N[C@H]1CCCN(C(=O)CS(=O)(=O)Cc2ccc(Br)cc2)C1. The highest BCUT2D eigenvalue weighted by Gasteiger charge is 2.25. The lowest BCUT2D eigenvalue weighted by atomic mass is 10.1. The number of nitrogens with two attached hydrogens (primary N) is 1. The van der Waals surface area contributed by atoms with Gasteiger partial charge in [0.05, 0.1) is 5.75 Å². The highest BCUT2D eigenvalue weighted by molar-refractivity contribution is 9.10. The first-order valence-electron chi connectivity index (χ1n) is 6.84. The quantitative estimate of drug-likeness (QED) is 0.861. The summed E-state index contributed by atoms with van der Waals surface area (Å²) in [5.74, 6) is -0.913. The summed E-state index contributed by atoms with van der Waals surface area (Å²) in [4.78, 5) is 13.7. The Hall–Kier alpha value is -0.920. The molecule has 0 radical (unpaired) electrons. The molecule has 1 amide bonds. The van der Waals surface area contributed by atoms with Crippen LogP contribution in [0.2, 0.25) is 0 Å². The number of sulfone groups is 1. The van der Waals surface area contributed by atoms with E-state index in [-0.39, 0.29) is 17.7 Å². The molecule has 1 aliphatic heterocycles. The zero-order valence-electron chi connectivity index (χ0n) is 11.7. The molecule has 0 aromatic heterocycles. The summed E-state index contributed by atoms with van der Waals surface area (Å²) in [7, 11) is -3.46. The van der Waals surface area contributed by atoms with E-state index in [2.05, 4.69) is 15.9 Å². The summed E-state index contributed by atoms with van der Waals surface area (Å²) < 4.78 is 25.1. The molecule has 7 heteroatoms. The molecule has 116 valence electrons. The first-order valence-corrected chi connectivity index (χ1v) is 9.45. The third-order valence-electron chi connectivity index (χ3n) is 3.45. The molecule has 2 rings (SSSR count). The Morgan fingerprint density at radius 1 is 1.33 bits per heavy atom. The van der Waals surface area contributed by atoms with Crippen LogP contribution in [0.4, 0.5) is 0 Å². The van der Waals surface area contributed by atoms with Crippen LogP contribution < -0.4 is 5.73 Å². The van der Waals surface area contributed by atoms with Crippen molar-refractivity contribution in [1.29, 1.82) is 0 Å². The Morgan fingerprint density at radius 2 is 2.00 bits per heavy atom. The van der Waals surface area contributed by atoms with Gasteiger partial charge < -0.3 is 10.6 Å². The molecule has 1 atom stereocenters. The Morgan fingerprint density at radius 3 is 2.62 bits per heavy atom. The van der Waals surface area contributed by atoms with E-state index < -0.39 is 15.6 Å². The number of hydrogen-bond donors (Lipinski definition) is 1. The van der Waals surface area contributed by atoms with Crippen LogP contribution in [0.15, 0.2) is 28.7 Å². The number of piperidine rings is 1. The summed E-state index contributed by atoms with van der Waals surface area (Å²) in [6, 6.07) is 7.01. The van der Waals surface area contributed by atoms with Gasteiger partial charge in [0.15, 0.2) is 9.84 Å². The van der Waals surface area contributed by atoms with Gasteiger partial charge in [-0.05, 0) is 30.5 Å². The van der Waals surface area contributed by atoms with Crippen LogP contribution >= 0.6 is 15.9 Å². The normalized spacial score (nSPS) is 19.5. The number of carbonyl (C=O) groups is 1. The molecule has 0 bridgehead atoms. The predicted molar refractivity (Wildman–Crippen MR) is 85.4 cm³/mol. The summed E-state index contributed by atoms with van der Waals surface area (Å²) >= 11 is 3.30. The molecule has 0 saturated carbocycles. The van der Waals surface area contributed by atoms with Crippen molar-refractivity contribution in [3.8, 4) is 0 Å². The maximum Gasteiger partial charge on any atom is 0.237 e. The molecule has 1 aliphatic rings. The van der Waals surface area contributed by atoms with Crippen molar-refractivity contribution in [3.05, 3.63) is 34.3 Å². The molecular weight excluding hydrogens is 356 g/mol. The third kappa shape index (κ3) is 5.09. The Balaban J connectivity index is 1.96. The zero-order chi connectivity index (χ0) is 15.5. The van der Waals surface area contributed by atoms with Gasteiger partial charge in [0.2, 0.25) is 5.91 Å². The number of likely N-dealkylation sites (tertiary alicyclic amines) is 1. The first-order chi connectivity index (χ1) is 9.85. The molecule has 1 heterocycles. The number of nitrogens with zero attached hydrogens (tertiary/aromatic N) is 1. The smallest absolute Gasteiger partial charge is 0.237 e. The summed E-state index contributed by atoms with van der Waals surface area (Å²) in [5.41, 5.74) is 6.50. The van der Waals surface area contributed by atoms with Crippen LogP contribution in [-0.4, -0.2) is 44.1 Å². The number of benzene rings is 1. The van der Waals surface area contributed by atoms with E-state index in [4.69, 9.17) is 5.73 Å². The molecule has 0 spiro atoms. The minimum atomic E-state index is -3.46. The van der Waals surface area contributed by atoms with Crippen LogP contribution in [0.5, 0.6) is 0 Å². The van der Waals surface area contributed by atoms with Gasteiger partial charge in [0.25, 0.3) is 0 Å². The molecule has 1 saturated heterocycles. The number of halogens is 1. The molecule has 1 fully saturated rings. The summed E-state index contributed by atoms with van der Waals surface area (Å²) in [6.07, 6.45) is 1.72. The van der Waals surface area contributed by atoms with Gasteiger partial charge in [0, 0.05) is 23.6 Å². The fourth-order valence-corrected chi connectivity index (χ4v) is 4.03. The van der Waals surface area contributed by atoms with Crippen LogP contribution in [-0.2, 0) is 20.4 Å². The van der Waals surface area contributed by atoms with Gasteiger partial charge in [-0.3, -0.25) is 4.79 Å². The van der Waals surface area contributed by atoms with Crippen molar-refractivity contribution in [2.45, 2.75) is 24.6 Å². The molecule has 21 heavy (non-hydrogen) atoms. The van der Waals surface area contributed by atoms with Gasteiger partial charge in [-0.25, -0.2) is 8.42 Å². The monoisotopic (exact) mass is 374 g/mol. The molecule has 1 aromatic carbocycles. The number of rotatable bonds is 4. The summed E-state index contributed by atoms with van der Waals surface area (Å²) in [6.45, 7) is 1.05. The molecule has 5 nitrogen and oxygen atoms in total. The van der Waals surface area contributed by atoms with E-state index in [1.54, 1.807) is 29.2 Å². The molecule has 0 aliphatic carbocycles. The second-order valence-corrected chi connectivity index (χ2v) is 8.38. The van der Waals surface area contributed by atoms with Crippen molar-refractivity contribution in [2.24, 2.45) is 5.73 Å². The molecule has 2 N–H and O–H groups in total. The van der Waals surface area contributed by atoms with E-state index in [9.17, 15) is 13.2 Å². The lowest BCUT2D eigenvalue weighted by molar-refractivity contribution is -0.129. The van der Waals surface area contributed by atoms with E-state index in [1.807, 2.05) is 0 Å². The lowest BCUT2D eigenvalue weighted by Gasteiger charge is -2.30. The van der Waals surface area contributed by atoms with Crippen molar-refractivity contribution in [2.75, 3.05) is 18.8 Å². The van der Waals surface area contributed by atoms with Crippen LogP contribution in [0.1, 0.15) is 18.4 Å². The summed E-state index contributed by atoms with van der Waals surface area (Å²) in [5, 5.41) is 0. The molecule has 1 aromatic rings. The van der Waals surface area contributed by atoms with Gasteiger partial charge in [-0.15, -0.1) is 0 Å². The van der Waals surface area contributed by atoms with Gasteiger partial charge in [0.1, 0.15) is 5.75 Å². The van der Waals surface area contributed by atoms with Crippen molar-refractivity contribution < 1.29 is 13.2 Å². The van der Waals surface area contributed by atoms with Crippen molar-refractivity contribution in [1.82, 2.24) is 4.90 Å². The van der Waals surface area contributed by atoms with Gasteiger partial charge >= 0.3 is 0 Å². The topological polar surface area (TPSA) is 80.5 Å². The first kappa shape index (κ1) is 16.5. The predicted octanol–water partition coefficient (Wildman–Crippen LogP) is 1.31. The fraction of sp³-hybridized carbons (Fsp3) is 0.500. The van der Waals surface area contributed by atoms with E-state index in [0.717, 1.165) is 17.3 Å². The van der Waals surface area contributed by atoms with E-state index in [1.165, 1.54) is 0 Å². The standard InChI is InChI=1S/C14H19BrN2O3S/c15-12-5-3-11(4-6-12)9-21(19,20)10-14(18)17-7-1-2-13(16)8-17/h3-6,13H,1-2,7-10,16H2/t13-/m0/s1. The van der Waals surface area contributed by atoms with Gasteiger partial charge in [-0.2, -0.15) is 0 Å². The lowest BCUT2D eigenvalue weighted by Crippen LogP contribution is -2.47. The number of amides is 1. The number of hydrogen-bond acceptors (Lipinski definition) is 4. The van der Waals surface area contributed by atoms with E-state index >= 15 is 0 Å². The fourth-order valence-electron chi connectivity index (χ4n) is 2.40. The Kier molecular flexibility index (Phi) is 5.40. The van der Waals surface area contributed by atoms with Crippen molar-refractivity contribution in [3.63, 3.8) is 0 Å². The van der Waals surface area contributed by atoms with Crippen LogP contribution in [0.3, 0.4) is 0 Å². The highest BCUT2D eigenvalue weighted by Crippen LogP contribution is 2.14. The van der Waals surface area contributed by atoms with Crippen LogP contribution in [0, 0.1) is 0 Å². The van der Waals surface area contributed by atoms with Crippen LogP contribution in [0.25, 0.3) is 0 Å². The minimum absolute atomic E-state index is 0.0446. The second kappa shape index (κ2) is 6.89. The van der Waals surface area contributed by atoms with Crippen molar-refractivity contribution >= 4 is 31.7 Å². The molecular formula is C14H19BrN2O3S. The Labute approximate surface area is 133 Å². The zero-order valence-corrected chi connectivity index (χ0v) is 14.1. The van der Waals surface area contributed by atoms with E-state index in [0.29, 0.717) is 18.7 Å². The highest BCUT2D eigenvalue weighted by atomic mass is 79.9. The maximum absolute atomic E-state index is 12.1. The largest absolute Gasteiger partial charge is 0.340 e.